The van der Waals surface area contributed by atoms with Gasteiger partial charge in [-0.3, -0.25) is 4.98 Å². The van der Waals surface area contributed by atoms with Crippen LogP contribution in [-0.2, 0) is 13.1 Å². The van der Waals surface area contributed by atoms with Crippen LogP contribution >= 0.6 is 0 Å². The lowest BCUT2D eigenvalue weighted by Gasteiger charge is -2.12. The number of hydrogen-bond donors (Lipinski definition) is 1. The summed E-state index contributed by atoms with van der Waals surface area (Å²) in [6.07, 6.45) is 7.21. The van der Waals surface area contributed by atoms with Crippen LogP contribution in [0.1, 0.15) is 33.5 Å². The zero-order valence-corrected chi connectivity index (χ0v) is 13.1. The SMILES string of the molecule is CC(C)Cn1ccnc1CNc1cncc(OC(C)C)n1. The lowest BCUT2D eigenvalue weighted by Crippen LogP contribution is -2.13. The van der Waals surface area contributed by atoms with Crippen LogP contribution in [0.4, 0.5) is 5.82 Å². The molecule has 0 spiro atoms. The maximum absolute atomic E-state index is 5.53. The van der Waals surface area contributed by atoms with E-state index in [2.05, 4.69) is 38.7 Å². The first kappa shape index (κ1) is 15.3. The molecule has 2 rings (SSSR count). The fourth-order valence-corrected chi connectivity index (χ4v) is 1.97. The van der Waals surface area contributed by atoms with Crippen molar-refractivity contribution < 1.29 is 4.74 Å². The lowest BCUT2D eigenvalue weighted by molar-refractivity contribution is 0.232. The molecule has 6 heteroatoms. The predicted molar refractivity (Wildman–Crippen MR) is 82.2 cm³/mol. The van der Waals surface area contributed by atoms with E-state index < -0.39 is 0 Å². The molecule has 114 valence electrons. The zero-order valence-electron chi connectivity index (χ0n) is 13.1. The average Bonchev–Trinajstić information content (AvgIpc) is 2.82. The predicted octanol–water partition coefficient (Wildman–Crippen LogP) is 2.73. The Bertz CT molecular complexity index is 565. The van der Waals surface area contributed by atoms with Crippen molar-refractivity contribution in [3.63, 3.8) is 0 Å². The third-order valence-electron chi connectivity index (χ3n) is 2.76. The molecule has 0 bridgehead atoms. The van der Waals surface area contributed by atoms with E-state index >= 15 is 0 Å². The Kier molecular flexibility index (Phi) is 5.14. The second-order valence-electron chi connectivity index (χ2n) is 5.65. The Morgan fingerprint density at radius 3 is 2.76 bits per heavy atom. The minimum atomic E-state index is 0.0829. The van der Waals surface area contributed by atoms with E-state index in [4.69, 9.17) is 4.74 Å². The van der Waals surface area contributed by atoms with Crippen molar-refractivity contribution in [2.45, 2.75) is 46.9 Å². The number of ether oxygens (including phenoxy) is 1. The largest absolute Gasteiger partial charge is 0.474 e. The van der Waals surface area contributed by atoms with Gasteiger partial charge in [0.05, 0.1) is 25.0 Å². The van der Waals surface area contributed by atoms with Crippen LogP contribution in [0.3, 0.4) is 0 Å². The molecule has 2 aromatic rings. The summed E-state index contributed by atoms with van der Waals surface area (Å²) in [5.41, 5.74) is 0. The number of anilines is 1. The third-order valence-corrected chi connectivity index (χ3v) is 2.76. The average molecular weight is 289 g/mol. The number of aromatic nitrogens is 4. The lowest BCUT2D eigenvalue weighted by atomic mass is 10.2. The Labute approximate surface area is 125 Å². The third kappa shape index (κ3) is 4.73. The molecule has 21 heavy (non-hydrogen) atoms. The van der Waals surface area contributed by atoms with Crippen molar-refractivity contribution >= 4 is 5.82 Å². The number of rotatable bonds is 7. The molecule has 0 amide bonds. The smallest absolute Gasteiger partial charge is 0.234 e. The second kappa shape index (κ2) is 7.06. The Balaban J connectivity index is 1.98. The topological polar surface area (TPSA) is 64.9 Å². The van der Waals surface area contributed by atoms with Gasteiger partial charge in [0.15, 0.2) is 0 Å². The maximum atomic E-state index is 5.53. The molecule has 0 radical (unpaired) electrons. The summed E-state index contributed by atoms with van der Waals surface area (Å²) in [5, 5.41) is 3.24. The molecule has 0 fully saturated rings. The number of imidazole rings is 1. The summed E-state index contributed by atoms with van der Waals surface area (Å²) in [6.45, 7) is 9.87. The summed E-state index contributed by atoms with van der Waals surface area (Å²) >= 11 is 0. The molecule has 0 atom stereocenters. The Morgan fingerprint density at radius 2 is 2.05 bits per heavy atom. The van der Waals surface area contributed by atoms with Gasteiger partial charge in [0, 0.05) is 18.9 Å². The highest BCUT2D eigenvalue weighted by atomic mass is 16.5. The van der Waals surface area contributed by atoms with Crippen molar-refractivity contribution in [2.75, 3.05) is 5.32 Å². The van der Waals surface area contributed by atoms with E-state index in [-0.39, 0.29) is 6.10 Å². The van der Waals surface area contributed by atoms with E-state index in [0.717, 1.165) is 12.4 Å². The molecule has 0 aliphatic rings. The quantitative estimate of drug-likeness (QED) is 0.849. The van der Waals surface area contributed by atoms with E-state index in [1.807, 2.05) is 26.2 Å². The summed E-state index contributed by atoms with van der Waals surface area (Å²) in [6, 6.07) is 0. The van der Waals surface area contributed by atoms with Crippen LogP contribution in [0.25, 0.3) is 0 Å². The molecule has 0 aliphatic carbocycles. The van der Waals surface area contributed by atoms with Gasteiger partial charge in [-0.2, -0.15) is 4.98 Å². The van der Waals surface area contributed by atoms with Gasteiger partial charge >= 0.3 is 0 Å². The number of nitrogens with one attached hydrogen (secondary N) is 1. The Morgan fingerprint density at radius 1 is 1.24 bits per heavy atom. The van der Waals surface area contributed by atoms with Gasteiger partial charge in [0.1, 0.15) is 11.6 Å². The van der Waals surface area contributed by atoms with Gasteiger partial charge in [-0.25, -0.2) is 4.98 Å². The first-order chi connectivity index (χ1) is 10.0. The van der Waals surface area contributed by atoms with Crippen LogP contribution in [0, 0.1) is 5.92 Å². The van der Waals surface area contributed by atoms with Crippen LogP contribution in [0.5, 0.6) is 5.88 Å². The van der Waals surface area contributed by atoms with Gasteiger partial charge in [-0.05, 0) is 19.8 Å². The van der Waals surface area contributed by atoms with Crippen LogP contribution in [0.15, 0.2) is 24.8 Å². The molecule has 6 nitrogen and oxygen atoms in total. The second-order valence-corrected chi connectivity index (χ2v) is 5.65. The first-order valence-electron chi connectivity index (χ1n) is 7.27. The number of nitrogens with zero attached hydrogens (tertiary/aromatic N) is 4. The van der Waals surface area contributed by atoms with E-state index in [1.54, 1.807) is 12.4 Å². The Hall–Kier alpha value is -2.11. The van der Waals surface area contributed by atoms with E-state index in [9.17, 15) is 0 Å². The van der Waals surface area contributed by atoms with Crippen molar-refractivity contribution in [1.29, 1.82) is 0 Å². The highest BCUT2D eigenvalue weighted by Gasteiger charge is 2.06. The fraction of sp³-hybridized carbons (Fsp3) is 0.533. The highest BCUT2D eigenvalue weighted by Crippen LogP contribution is 2.12. The van der Waals surface area contributed by atoms with Crippen molar-refractivity contribution in [2.24, 2.45) is 5.92 Å². The monoisotopic (exact) mass is 289 g/mol. The highest BCUT2D eigenvalue weighted by molar-refractivity contribution is 5.33. The zero-order chi connectivity index (χ0) is 15.2. The summed E-state index contributed by atoms with van der Waals surface area (Å²) < 4.78 is 7.69. The first-order valence-corrected chi connectivity index (χ1v) is 7.27. The molecule has 0 aromatic carbocycles. The number of hydrogen-bond acceptors (Lipinski definition) is 5. The molecule has 0 unspecified atom stereocenters. The van der Waals surface area contributed by atoms with Gasteiger partial charge in [0.25, 0.3) is 0 Å². The van der Waals surface area contributed by atoms with Crippen molar-refractivity contribution in [1.82, 2.24) is 19.5 Å². The van der Waals surface area contributed by atoms with Gasteiger partial charge in [-0.1, -0.05) is 13.8 Å². The molecule has 0 saturated carbocycles. The molecule has 2 aromatic heterocycles. The van der Waals surface area contributed by atoms with Gasteiger partial charge < -0.3 is 14.6 Å². The molecular weight excluding hydrogens is 266 g/mol. The summed E-state index contributed by atoms with van der Waals surface area (Å²) in [7, 11) is 0. The standard InChI is InChI=1S/C15H23N5O/c1-11(2)10-20-6-5-17-14(20)8-18-13-7-16-9-15(19-13)21-12(3)4/h5-7,9,11-12H,8,10H2,1-4H3,(H,18,19). The van der Waals surface area contributed by atoms with E-state index in [0.29, 0.717) is 24.2 Å². The van der Waals surface area contributed by atoms with E-state index in [1.165, 1.54) is 0 Å². The van der Waals surface area contributed by atoms with Crippen molar-refractivity contribution in [3.8, 4) is 5.88 Å². The van der Waals surface area contributed by atoms with Crippen LogP contribution in [0.2, 0.25) is 0 Å². The van der Waals surface area contributed by atoms with Gasteiger partial charge in [-0.15, -0.1) is 0 Å². The molecule has 0 saturated heterocycles. The minimum absolute atomic E-state index is 0.0829. The summed E-state index contributed by atoms with van der Waals surface area (Å²) in [5.74, 6) is 2.79. The fourth-order valence-electron chi connectivity index (χ4n) is 1.97. The van der Waals surface area contributed by atoms with Crippen molar-refractivity contribution in [3.05, 3.63) is 30.6 Å². The normalized spacial score (nSPS) is 11.1. The molecular formula is C15H23N5O. The minimum Gasteiger partial charge on any atom is -0.474 e. The molecule has 1 N–H and O–H groups in total. The molecule has 0 aliphatic heterocycles. The molecule has 2 heterocycles. The summed E-state index contributed by atoms with van der Waals surface area (Å²) in [4.78, 5) is 12.9. The van der Waals surface area contributed by atoms with Gasteiger partial charge in [0.2, 0.25) is 5.88 Å². The van der Waals surface area contributed by atoms with Crippen LogP contribution < -0.4 is 10.1 Å². The maximum Gasteiger partial charge on any atom is 0.234 e. The van der Waals surface area contributed by atoms with Crippen LogP contribution in [-0.4, -0.2) is 25.6 Å².